The van der Waals surface area contributed by atoms with E-state index >= 15 is 0 Å². The number of hydrogen-bond donors (Lipinski definition) is 1. The smallest absolute Gasteiger partial charge is 0.115 e. The highest BCUT2D eigenvalue weighted by molar-refractivity contribution is 5.42. The van der Waals surface area contributed by atoms with Crippen LogP contribution in [0.3, 0.4) is 0 Å². The van der Waals surface area contributed by atoms with Crippen LogP contribution in [0.15, 0.2) is 35.9 Å². The summed E-state index contributed by atoms with van der Waals surface area (Å²) in [7, 11) is 0. The number of phenols is 1. The van der Waals surface area contributed by atoms with Gasteiger partial charge < -0.3 is 5.11 Å². The second kappa shape index (κ2) is 11.9. The molecule has 1 heteroatoms. The van der Waals surface area contributed by atoms with E-state index < -0.39 is 0 Å². The molecule has 0 amide bonds. The van der Waals surface area contributed by atoms with Gasteiger partial charge in [-0.05, 0) is 55.5 Å². The minimum atomic E-state index is 0.292. The quantitative estimate of drug-likeness (QED) is 0.424. The zero-order valence-electron chi connectivity index (χ0n) is 14.2. The summed E-state index contributed by atoms with van der Waals surface area (Å²) in [6, 6.07) is 7.12. The molecule has 0 saturated heterocycles. The van der Waals surface area contributed by atoms with Crippen molar-refractivity contribution in [3.05, 3.63) is 41.5 Å². The molecule has 1 nitrogen and oxygen atoms in total. The maximum absolute atomic E-state index is 9.31. The minimum absolute atomic E-state index is 0.292. The van der Waals surface area contributed by atoms with Gasteiger partial charge in [0.2, 0.25) is 0 Å². The van der Waals surface area contributed by atoms with Gasteiger partial charge in [0.1, 0.15) is 5.75 Å². The first-order chi connectivity index (χ1) is 10.8. The normalized spacial score (nSPS) is 11.1. The van der Waals surface area contributed by atoms with Gasteiger partial charge in [-0.15, -0.1) is 0 Å². The van der Waals surface area contributed by atoms with Crippen molar-refractivity contribution in [1.82, 2.24) is 0 Å². The molecular weight excluding hydrogens is 268 g/mol. The molecule has 1 aromatic carbocycles. The Morgan fingerprint density at radius 2 is 1.64 bits per heavy atom. The van der Waals surface area contributed by atoms with Crippen LogP contribution in [0, 0.1) is 11.8 Å². The van der Waals surface area contributed by atoms with Crippen LogP contribution in [-0.4, -0.2) is 5.11 Å². The third-order valence-electron chi connectivity index (χ3n) is 3.73. The number of aromatic hydroxyl groups is 1. The lowest BCUT2D eigenvalue weighted by Crippen LogP contribution is -1.84. The number of benzene rings is 1. The average Bonchev–Trinajstić information content (AvgIpc) is 2.54. The Morgan fingerprint density at radius 1 is 0.955 bits per heavy atom. The first kappa shape index (κ1) is 18.4. The van der Waals surface area contributed by atoms with E-state index in [1.165, 1.54) is 50.5 Å². The molecule has 0 bridgehead atoms. The summed E-state index contributed by atoms with van der Waals surface area (Å²) in [5, 5.41) is 9.31. The van der Waals surface area contributed by atoms with E-state index in [4.69, 9.17) is 0 Å². The monoisotopic (exact) mass is 298 g/mol. The highest BCUT2D eigenvalue weighted by atomic mass is 16.3. The predicted molar refractivity (Wildman–Crippen MR) is 96.0 cm³/mol. The summed E-state index contributed by atoms with van der Waals surface area (Å²) in [4.78, 5) is 0. The predicted octanol–water partition coefficient (Wildman–Crippen LogP) is 6.22. The Balaban J connectivity index is 2.61. The first-order valence-electron chi connectivity index (χ1n) is 8.76. The van der Waals surface area contributed by atoms with Crippen molar-refractivity contribution >= 4 is 0 Å². The molecule has 0 fully saturated rings. The lowest BCUT2D eigenvalue weighted by molar-refractivity contribution is 0.475. The molecule has 0 aromatic heterocycles. The molecule has 1 N–H and O–H groups in total. The fourth-order valence-corrected chi connectivity index (χ4v) is 2.33. The lowest BCUT2D eigenvalue weighted by Gasteiger charge is -2.01. The average molecular weight is 298 g/mol. The Bertz CT molecular complexity index is 485. The van der Waals surface area contributed by atoms with Crippen molar-refractivity contribution in [2.75, 3.05) is 0 Å². The van der Waals surface area contributed by atoms with Crippen molar-refractivity contribution in [2.45, 2.75) is 71.6 Å². The molecule has 1 aromatic rings. The second-order valence-corrected chi connectivity index (χ2v) is 5.83. The number of phenolic OH excluding ortho intramolecular Hbond substituents is 1. The summed E-state index contributed by atoms with van der Waals surface area (Å²) < 4.78 is 0. The van der Waals surface area contributed by atoms with Gasteiger partial charge in [0, 0.05) is 5.56 Å². The van der Waals surface area contributed by atoms with Gasteiger partial charge in [0.15, 0.2) is 0 Å². The molecule has 120 valence electrons. The van der Waals surface area contributed by atoms with Crippen molar-refractivity contribution in [3.8, 4) is 17.6 Å². The fraction of sp³-hybridized carbons (Fsp3) is 0.524. The summed E-state index contributed by atoms with van der Waals surface area (Å²) in [5.74, 6) is 6.86. The van der Waals surface area contributed by atoms with Crippen LogP contribution >= 0.6 is 0 Å². The maximum atomic E-state index is 9.31. The van der Waals surface area contributed by atoms with Gasteiger partial charge in [-0.25, -0.2) is 0 Å². The molecular formula is C21H30O. The molecule has 0 atom stereocenters. The van der Waals surface area contributed by atoms with Crippen LogP contribution in [0.1, 0.15) is 77.2 Å². The molecule has 0 aliphatic carbocycles. The van der Waals surface area contributed by atoms with Crippen molar-refractivity contribution in [1.29, 1.82) is 0 Å². The van der Waals surface area contributed by atoms with E-state index in [-0.39, 0.29) is 0 Å². The summed E-state index contributed by atoms with van der Waals surface area (Å²) in [6.07, 6.45) is 13.5. The maximum Gasteiger partial charge on any atom is 0.115 e. The van der Waals surface area contributed by atoms with Crippen LogP contribution in [-0.2, 0) is 0 Å². The number of allylic oxidation sites excluding steroid dienone is 2. The Morgan fingerprint density at radius 3 is 2.32 bits per heavy atom. The van der Waals surface area contributed by atoms with E-state index in [9.17, 15) is 5.11 Å². The van der Waals surface area contributed by atoms with Crippen LogP contribution in [0.4, 0.5) is 0 Å². The largest absolute Gasteiger partial charge is 0.508 e. The molecule has 0 aliphatic heterocycles. The summed E-state index contributed by atoms with van der Waals surface area (Å²) in [6.45, 7) is 4.48. The van der Waals surface area contributed by atoms with Gasteiger partial charge >= 0.3 is 0 Å². The van der Waals surface area contributed by atoms with E-state index in [0.29, 0.717) is 5.75 Å². The van der Waals surface area contributed by atoms with Crippen molar-refractivity contribution in [2.24, 2.45) is 0 Å². The third kappa shape index (κ3) is 8.57. The van der Waals surface area contributed by atoms with E-state index in [1.807, 2.05) is 12.1 Å². The second-order valence-electron chi connectivity index (χ2n) is 5.83. The number of rotatable bonds is 9. The van der Waals surface area contributed by atoms with Crippen molar-refractivity contribution < 1.29 is 5.11 Å². The van der Waals surface area contributed by atoms with Gasteiger partial charge in [0.25, 0.3) is 0 Å². The molecule has 0 aliphatic rings. The van der Waals surface area contributed by atoms with E-state index in [2.05, 4.69) is 31.8 Å². The lowest BCUT2D eigenvalue weighted by atomic mass is 10.0. The standard InChI is InChI=1S/C21H30O/c1-3-5-7-9-11-19(12-10-8-6-4-2)13-14-20-15-17-21(22)18-16-20/h11,15-18,22H,3-10,12H2,1-2H3/b19-11-. The van der Waals surface area contributed by atoms with E-state index in [1.54, 1.807) is 12.1 Å². The Kier molecular flexibility index (Phi) is 9.96. The molecule has 0 radical (unpaired) electrons. The molecule has 0 unspecified atom stereocenters. The molecule has 0 spiro atoms. The van der Waals surface area contributed by atoms with Gasteiger partial charge in [-0.2, -0.15) is 0 Å². The minimum Gasteiger partial charge on any atom is -0.508 e. The molecule has 22 heavy (non-hydrogen) atoms. The topological polar surface area (TPSA) is 20.2 Å². The van der Waals surface area contributed by atoms with E-state index in [0.717, 1.165) is 18.4 Å². The van der Waals surface area contributed by atoms with Gasteiger partial charge in [-0.3, -0.25) is 0 Å². The van der Waals surface area contributed by atoms with Gasteiger partial charge in [0.05, 0.1) is 0 Å². The third-order valence-corrected chi connectivity index (χ3v) is 3.73. The zero-order chi connectivity index (χ0) is 16.0. The molecule has 0 heterocycles. The molecule has 1 rings (SSSR count). The first-order valence-corrected chi connectivity index (χ1v) is 8.76. The van der Waals surface area contributed by atoms with Crippen LogP contribution < -0.4 is 0 Å². The molecule has 0 saturated carbocycles. The highest BCUT2D eigenvalue weighted by Gasteiger charge is 1.95. The highest BCUT2D eigenvalue weighted by Crippen LogP contribution is 2.13. The fourth-order valence-electron chi connectivity index (χ4n) is 2.33. The van der Waals surface area contributed by atoms with Crippen LogP contribution in [0.2, 0.25) is 0 Å². The Hall–Kier alpha value is -1.68. The Labute approximate surface area is 136 Å². The zero-order valence-corrected chi connectivity index (χ0v) is 14.2. The van der Waals surface area contributed by atoms with Crippen LogP contribution in [0.5, 0.6) is 5.75 Å². The summed E-state index contributed by atoms with van der Waals surface area (Å²) >= 11 is 0. The summed E-state index contributed by atoms with van der Waals surface area (Å²) in [5.41, 5.74) is 2.24. The SMILES string of the molecule is CCCCC/C=C(\C#Cc1ccc(O)cc1)CCCCCC. The number of unbranched alkanes of at least 4 members (excludes halogenated alkanes) is 6. The van der Waals surface area contributed by atoms with Gasteiger partial charge in [-0.1, -0.05) is 63.9 Å². The van der Waals surface area contributed by atoms with Crippen molar-refractivity contribution in [3.63, 3.8) is 0 Å². The number of hydrogen-bond acceptors (Lipinski definition) is 1. The van der Waals surface area contributed by atoms with Crippen LogP contribution in [0.25, 0.3) is 0 Å².